The molecular weight excluding hydrogens is 403 g/mol. The molecule has 2 aromatic carbocycles. The van der Waals surface area contributed by atoms with Crippen molar-refractivity contribution in [3.8, 4) is 5.75 Å². The molecule has 1 unspecified atom stereocenters. The standard InChI is InChI=1S/C16H15Br2ClO/c1-3-20-15-7-4-11(17)9-14(15)16(18)13-6-5-12(19)8-10(13)2/h4-9,16H,3H2,1-2H3. The van der Waals surface area contributed by atoms with Crippen molar-refractivity contribution < 1.29 is 4.74 Å². The first kappa shape index (κ1) is 15.9. The van der Waals surface area contributed by atoms with Gasteiger partial charge in [-0.25, -0.2) is 0 Å². The van der Waals surface area contributed by atoms with Crippen molar-refractivity contribution in [1.29, 1.82) is 0 Å². The zero-order chi connectivity index (χ0) is 14.7. The summed E-state index contributed by atoms with van der Waals surface area (Å²) in [6, 6.07) is 12.0. The molecule has 1 atom stereocenters. The molecule has 0 spiro atoms. The van der Waals surface area contributed by atoms with Crippen LogP contribution < -0.4 is 4.74 Å². The predicted octanol–water partition coefficient (Wildman–Crippen LogP) is 6.29. The fourth-order valence-corrected chi connectivity index (χ4v) is 3.57. The molecular formula is C16H15Br2ClO. The maximum absolute atomic E-state index is 6.03. The van der Waals surface area contributed by atoms with Crippen molar-refractivity contribution in [2.75, 3.05) is 6.61 Å². The van der Waals surface area contributed by atoms with E-state index in [0.717, 1.165) is 26.4 Å². The zero-order valence-corrected chi connectivity index (χ0v) is 15.2. The van der Waals surface area contributed by atoms with Gasteiger partial charge in [-0.05, 0) is 55.3 Å². The van der Waals surface area contributed by atoms with Crippen LogP contribution in [0.25, 0.3) is 0 Å². The monoisotopic (exact) mass is 416 g/mol. The number of aryl methyl sites for hydroxylation is 1. The summed E-state index contributed by atoms with van der Waals surface area (Å²) in [5, 5.41) is 0.755. The normalized spacial score (nSPS) is 12.2. The summed E-state index contributed by atoms with van der Waals surface area (Å²) in [5.41, 5.74) is 3.45. The second kappa shape index (κ2) is 6.97. The minimum absolute atomic E-state index is 0.0683. The number of alkyl halides is 1. The molecule has 0 bridgehead atoms. The smallest absolute Gasteiger partial charge is 0.124 e. The van der Waals surface area contributed by atoms with E-state index in [1.165, 1.54) is 5.56 Å². The lowest BCUT2D eigenvalue weighted by molar-refractivity contribution is 0.337. The van der Waals surface area contributed by atoms with Crippen LogP contribution in [0.5, 0.6) is 5.75 Å². The first-order valence-electron chi connectivity index (χ1n) is 6.35. The number of hydrogen-bond donors (Lipinski definition) is 0. The van der Waals surface area contributed by atoms with Gasteiger partial charge in [0.15, 0.2) is 0 Å². The Hall–Kier alpha value is -0.510. The summed E-state index contributed by atoms with van der Waals surface area (Å²) >= 11 is 13.3. The Morgan fingerprint density at radius 2 is 1.90 bits per heavy atom. The van der Waals surface area contributed by atoms with Crippen LogP contribution in [0.2, 0.25) is 5.02 Å². The summed E-state index contributed by atoms with van der Waals surface area (Å²) in [7, 11) is 0. The fourth-order valence-electron chi connectivity index (χ4n) is 2.10. The summed E-state index contributed by atoms with van der Waals surface area (Å²) in [6.07, 6.45) is 0. The molecule has 2 rings (SSSR count). The predicted molar refractivity (Wildman–Crippen MR) is 92.3 cm³/mol. The molecule has 20 heavy (non-hydrogen) atoms. The van der Waals surface area contributed by atoms with Gasteiger partial charge in [0, 0.05) is 15.1 Å². The van der Waals surface area contributed by atoms with Crippen LogP contribution in [-0.4, -0.2) is 6.61 Å². The number of benzene rings is 2. The van der Waals surface area contributed by atoms with Gasteiger partial charge in [-0.3, -0.25) is 0 Å². The lowest BCUT2D eigenvalue weighted by Crippen LogP contribution is -2.01. The van der Waals surface area contributed by atoms with Crippen LogP contribution in [0.15, 0.2) is 40.9 Å². The molecule has 4 heteroatoms. The summed E-state index contributed by atoms with van der Waals surface area (Å²) < 4.78 is 6.76. The van der Waals surface area contributed by atoms with Crippen LogP contribution in [0.3, 0.4) is 0 Å². The molecule has 0 N–H and O–H groups in total. The van der Waals surface area contributed by atoms with Crippen molar-refractivity contribution in [2.45, 2.75) is 18.7 Å². The van der Waals surface area contributed by atoms with E-state index in [9.17, 15) is 0 Å². The molecule has 0 saturated heterocycles. The molecule has 0 aliphatic carbocycles. The Morgan fingerprint density at radius 1 is 1.15 bits per heavy atom. The zero-order valence-electron chi connectivity index (χ0n) is 11.3. The van der Waals surface area contributed by atoms with Gasteiger partial charge in [-0.1, -0.05) is 49.5 Å². The van der Waals surface area contributed by atoms with Gasteiger partial charge in [0.05, 0.1) is 11.4 Å². The molecule has 0 radical (unpaired) electrons. The van der Waals surface area contributed by atoms with Crippen molar-refractivity contribution >= 4 is 43.5 Å². The van der Waals surface area contributed by atoms with Crippen molar-refractivity contribution in [3.05, 3.63) is 62.6 Å². The summed E-state index contributed by atoms with van der Waals surface area (Å²) in [4.78, 5) is 0.0683. The van der Waals surface area contributed by atoms with Gasteiger partial charge in [0.1, 0.15) is 5.75 Å². The average molecular weight is 419 g/mol. The second-order valence-electron chi connectivity index (χ2n) is 4.48. The van der Waals surface area contributed by atoms with Crippen molar-refractivity contribution in [1.82, 2.24) is 0 Å². The molecule has 0 aliphatic rings. The molecule has 0 heterocycles. The molecule has 0 fully saturated rings. The largest absolute Gasteiger partial charge is 0.494 e. The number of halogens is 3. The van der Waals surface area contributed by atoms with Crippen molar-refractivity contribution in [2.24, 2.45) is 0 Å². The Balaban J connectivity index is 2.46. The highest BCUT2D eigenvalue weighted by atomic mass is 79.9. The molecule has 0 amide bonds. The van der Waals surface area contributed by atoms with Crippen LogP contribution in [0.1, 0.15) is 28.4 Å². The van der Waals surface area contributed by atoms with E-state index >= 15 is 0 Å². The van der Waals surface area contributed by atoms with Gasteiger partial charge < -0.3 is 4.74 Å². The molecule has 106 valence electrons. The molecule has 0 aliphatic heterocycles. The van der Waals surface area contributed by atoms with Crippen LogP contribution in [-0.2, 0) is 0 Å². The number of hydrogen-bond acceptors (Lipinski definition) is 1. The lowest BCUT2D eigenvalue weighted by atomic mass is 10.00. The Bertz CT molecular complexity index is 613. The van der Waals surface area contributed by atoms with Gasteiger partial charge >= 0.3 is 0 Å². The third kappa shape index (κ3) is 3.57. The van der Waals surface area contributed by atoms with E-state index in [0.29, 0.717) is 6.61 Å². The SMILES string of the molecule is CCOc1ccc(Br)cc1C(Br)c1ccc(Cl)cc1C. The minimum atomic E-state index is 0.0683. The Kier molecular flexibility index (Phi) is 5.53. The third-order valence-corrected chi connectivity index (χ3v) is 4.76. The van der Waals surface area contributed by atoms with Gasteiger partial charge in [-0.2, -0.15) is 0 Å². The maximum Gasteiger partial charge on any atom is 0.124 e. The van der Waals surface area contributed by atoms with E-state index in [1.807, 2.05) is 37.3 Å². The van der Waals surface area contributed by atoms with E-state index in [-0.39, 0.29) is 4.83 Å². The van der Waals surface area contributed by atoms with E-state index < -0.39 is 0 Å². The topological polar surface area (TPSA) is 9.23 Å². The molecule has 0 saturated carbocycles. The number of ether oxygens (including phenoxy) is 1. The van der Waals surface area contributed by atoms with Crippen LogP contribution >= 0.6 is 43.5 Å². The van der Waals surface area contributed by atoms with Crippen LogP contribution in [0.4, 0.5) is 0 Å². The molecule has 0 aromatic heterocycles. The lowest BCUT2D eigenvalue weighted by Gasteiger charge is -2.18. The Morgan fingerprint density at radius 3 is 2.55 bits per heavy atom. The minimum Gasteiger partial charge on any atom is -0.494 e. The quantitative estimate of drug-likeness (QED) is 0.530. The first-order chi connectivity index (χ1) is 9.52. The van der Waals surface area contributed by atoms with E-state index in [1.54, 1.807) is 0 Å². The summed E-state index contributed by atoms with van der Waals surface area (Å²) in [5.74, 6) is 0.895. The van der Waals surface area contributed by atoms with E-state index in [2.05, 4.69) is 44.8 Å². The maximum atomic E-state index is 6.03. The highest BCUT2D eigenvalue weighted by Crippen LogP contribution is 2.39. The molecule has 2 aromatic rings. The highest BCUT2D eigenvalue weighted by molar-refractivity contribution is 9.10. The van der Waals surface area contributed by atoms with Crippen LogP contribution in [0, 0.1) is 6.92 Å². The van der Waals surface area contributed by atoms with Gasteiger partial charge in [-0.15, -0.1) is 0 Å². The number of rotatable bonds is 4. The summed E-state index contributed by atoms with van der Waals surface area (Å²) in [6.45, 7) is 4.70. The Labute approximate surface area is 141 Å². The van der Waals surface area contributed by atoms with E-state index in [4.69, 9.17) is 16.3 Å². The van der Waals surface area contributed by atoms with Gasteiger partial charge in [0.25, 0.3) is 0 Å². The van der Waals surface area contributed by atoms with Crippen molar-refractivity contribution in [3.63, 3.8) is 0 Å². The fraction of sp³-hybridized carbons (Fsp3) is 0.250. The van der Waals surface area contributed by atoms with Gasteiger partial charge in [0.2, 0.25) is 0 Å². The average Bonchev–Trinajstić information content (AvgIpc) is 2.40. The third-order valence-electron chi connectivity index (χ3n) is 3.05. The molecule has 1 nitrogen and oxygen atoms in total. The second-order valence-corrected chi connectivity index (χ2v) is 6.75. The highest BCUT2D eigenvalue weighted by Gasteiger charge is 2.18. The first-order valence-corrected chi connectivity index (χ1v) is 8.44.